The van der Waals surface area contributed by atoms with Gasteiger partial charge in [-0.05, 0) is 0 Å². The largest absolute Gasteiger partial charge is 0.416 e. The Balaban J connectivity index is 4.44. The first-order valence-electron chi connectivity index (χ1n) is 3.80. The van der Waals surface area contributed by atoms with Crippen molar-refractivity contribution in [2.75, 3.05) is 0 Å². The van der Waals surface area contributed by atoms with Gasteiger partial charge in [0, 0.05) is 0 Å². The molecular formula is C9H8F6. The molecule has 0 aromatic rings. The van der Waals surface area contributed by atoms with Gasteiger partial charge in [0.2, 0.25) is 0 Å². The van der Waals surface area contributed by atoms with Crippen molar-refractivity contribution in [1.29, 1.82) is 0 Å². The molecule has 0 radical (unpaired) electrons. The summed E-state index contributed by atoms with van der Waals surface area (Å²) in [4.78, 5) is 0. The van der Waals surface area contributed by atoms with Gasteiger partial charge in [-0.3, -0.25) is 0 Å². The topological polar surface area (TPSA) is 0 Å². The fourth-order valence-electron chi connectivity index (χ4n) is 0.652. The summed E-state index contributed by atoms with van der Waals surface area (Å²) in [5, 5.41) is 0. The third-order valence-electron chi connectivity index (χ3n) is 1.31. The molecule has 0 fully saturated rings. The van der Waals surface area contributed by atoms with Crippen LogP contribution in [-0.4, -0.2) is 12.4 Å². The second-order valence-corrected chi connectivity index (χ2v) is 2.57. The molecule has 0 nitrogen and oxygen atoms in total. The molecule has 0 heterocycles. The predicted molar refractivity (Wildman–Crippen MR) is 44.1 cm³/mol. The van der Waals surface area contributed by atoms with Crippen molar-refractivity contribution in [3.8, 4) is 0 Å². The van der Waals surface area contributed by atoms with E-state index in [1.54, 1.807) is 0 Å². The first-order valence-corrected chi connectivity index (χ1v) is 3.80. The summed E-state index contributed by atoms with van der Waals surface area (Å²) in [5.41, 5.74) is -1.08. The third kappa shape index (κ3) is 6.82. The summed E-state index contributed by atoms with van der Waals surface area (Å²) in [6, 6.07) is 0. The molecule has 0 atom stereocenters. The van der Waals surface area contributed by atoms with Crippen molar-refractivity contribution < 1.29 is 26.3 Å². The van der Waals surface area contributed by atoms with Gasteiger partial charge in [0.1, 0.15) is 0 Å². The summed E-state index contributed by atoms with van der Waals surface area (Å²) in [6.07, 6.45) is -7.86. The molecule has 0 aliphatic carbocycles. The van der Waals surface area contributed by atoms with E-state index in [2.05, 4.69) is 6.58 Å². The van der Waals surface area contributed by atoms with E-state index in [1.807, 2.05) is 0 Å². The van der Waals surface area contributed by atoms with E-state index in [4.69, 9.17) is 0 Å². The Labute approximate surface area is 82.6 Å². The Morgan fingerprint density at radius 2 is 1.60 bits per heavy atom. The minimum atomic E-state index is -4.59. The van der Waals surface area contributed by atoms with Crippen molar-refractivity contribution in [3.63, 3.8) is 0 Å². The van der Waals surface area contributed by atoms with Crippen molar-refractivity contribution in [3.05, 3.63) is 36.5 Å². The lowest BCUT2D eigenvalue weighted by Crippen LogP contribution is -2.09. The Morgan fingerprint density at radius 1 is 1.07 bits per heavy atom. The highest BCUT2D eigenvalue weighted by molar-refractivity contribution is 5.26. The lowest BCUT2D eigenvalue weighted by atomic mass is 10.2. The van der Waals surface area contributed by atoms with E-state index in [0.29, 0.717) is 24.3 Å². The van der Waals surface area contributed by atoms with Gasteiger partial charge in [-0.2, -0.15) is 26.3 Å². The molecule has 0 bridgehead atoms. The van der Waals surface area contributed by atoms with Crippen molar-refractivity contribution in [1.82, 2.24) is 0 Å². The van der Waals surface area contributed by atoms with E-state index in [1.165, 1.54) is 0 Å². The van der Waals surface area contributed by atoms with E-state index in [0.717, 1.165) is 0 Å². The van der Waals surface area contributed by atoms with Crippen LogP contribution in [0, 0.1) is 0 Å². The van der Waals surface area contributed by atoms with Gasteiger partial charge in [-0.15, -0.1) is 0 Å². The van der Waals surface area contributed by atoms with Gasteiger partial charge in [0.05, 0.1) is 12.0 Å². The number of halogens is 6. The zero-order chi connectivity index (χ0) is 12.1. The molecule has 0 aromatic carbocycles. The second kappa shape index (κ2) is 5.04. The molecule has 0 aliphatic heterocycles. The van der Waals surface area contributed by atoms with E-state index in [-0.39, 0.29) is 0 Å². The smallest absolute Gasteiger partial charge is 0.171 e. The first kappa shape index (κ1) is 13.8. The van der Waals surface area contributed by atoms with Crippen LogP contribution in [0.5, 0.6) is 0 Å². The summed E-state index contributed by atoms with van der Waals surface area (Å²) in [6.45, 7) is 2.91. The number of allylic oxidation sites excluding steroid dienone is 5. The van der Waals surface area contributed by atoms with Crippen LogP contribution in [0.15, 0.2) is 36.5 Å². The van der Waals surface area contributed by atoms with Gasteiger partial charge in [0.25, 0.3) is 0 Å². The first-order chi connectivity index (χ1) is 6.67. The summed E-state index contributed by atoms with van der Waals surface area (Å²) in [7, 11) is 0. The molecule has 15 heavy (non-hydrogen) atoms. The standard InChI is InChI=1S/C9H8F6/c1-2-7(9(13,14)15)5-3-4-6-8(10,11)12/h2-5H,1,6H2/b4-3-,7-5+. The quantitative estimate of drug-likeness (QED) is 0.504. The van der Waals surface area contributed by atoms with Crippen molar-refractivity contribution in [2.24, 2.45) is 0 Å². The number of rotatable bonds is 3. The molecule has 0 unspecified atom stereocenters. The fraction of sp³-hybridized carbons (Fsp3) is 0.333. The molecular weight excluding hydrogens is 222 g/mol. The number of hydrogen-bond acceptors (Lipinski definition) is 0. The van der Waals surface area contributed by atoms with Crippen molar-refractivity contribution >= 4 is 0 Å². The average Bonchev–Trinajstić information content (AvgIpc) is 1.99. The Hall–Kier alpha value is -1.20. The molecule has 0 amide bonds. The zero-order valence-corrected chi connectivity index (χ0v) is 7.49. The Kier molecular flexibility index (Phi) is 4.64. The molecule has 0 rings (SSSR count). The highest BCUT2D eigenvalue weighted by Crippen LogP contribution is 2.26. The molecule has 0 spiro atoms. The Morgan fingerprint density at radius 3 is 1.93 bits per heavy atom. The van der Waals surface area contributed by atoms with E-state index < -0.39 is 24.3 Å². The average molecular weight is 230 g/mol. The number of alkyl halides is 6. The SMILES string of the molecule is C=C/C(=C\C=C/CC(F)(F)F)C(F)(F)F. The monoisotopic (exact) mass is 230 g/mol. The summed E-state index contributed by atoms with van der Waals surface area (Å²) < 4.78 is 70.7. The summed E-state index contributed by atoms with van der Waals surface area (Å²) in [5.74, 6) is 0. The van der Waals surface area contributed by atoms with Gasteiger partial charge >= 0.3 is 12.4 Å². The molecule has 0 saturated heterocycles. The van der Waals surface area contributed by atoms with Gasteiger partial charge in [-0.1, -0.05) is 30.9 Å². The molecule has 6 heteroatoms. The molecule has 0 aromatic heterocycles. The lowest BCUT2D eigenvalue weighted by molar-refractivity contribution is -0.125. The van der Waals surface area contributed by atoms with Gasteiger partial charge < -0.3 is 0 Å². The van der Waals surface area contributed by atoms with Crippen LogP contribution >= 0.6 is 0 Å². The normalized spacial score (nSPS) is 14.7. The zero-order valence-electron chi connectivity index (χ0n) is 7.49. The van der Waals surface area contributed by atoms with Crippen LogP contribution in [-0.2, 0) is 0 Å². The predicted octanol–water partition coefficient (Wildman–Crippen LogP) is 4.17. The van der Waals surface area contributed by atoms with Crippen LogP contribution in [0.3, 0.4) is 0 Å². The fourth-order valence-corrected chi connectivity index (χ4v) is 0.652. The van der Waals surface area contributed by atoms with Gasteiger partial charge in [-0.25, -0.2) is 0 Å². The van der Waals surface area contributed by atoms with E-state index >= 15 is 0 Å². The van der Waals surface area contributed by atoms with Crippen LogP contribution in [0.2, 0.25) is 0 Å². The summed E-state index contributed by atoms with van der Waals surface area (Å²) >= 11 is 0. The highest BCUT2D eigenvalue weighted by atomic mass is 19.4. The molecule has 0 aliphatic rings. The third-order valence-corrected chi connectivity index (χ3v) is 1.31. The molecule has 86 valence electrons. The van der Waals surface area contributed by atoms with Crippen LogP contribution in [0.25, 0.3) is 0 Å². The Bertz CT molecular complexity index is 265. The minimum absolute atomic E-state index is 0.540. The van der Waals surface area contributed by atoms with Crippen LogP contribution in [0.4, 0.5) is 26.3 Å². The number of hydrogen-bond donors (Lipinski definition) is 0. The minimum Gasteiger partial charge on any atom is -0.171 e. The van der Waals surface area contributed by atoms with E-state index in [9.17, 15) is 26.3 Å². The van der Waals surface area contributed by atoms with Crippen molar-refractivity contribution in [2.45, 2.75) is 18.8 Å². The van der Waals surface area contributed by atoms with Crippen LogP contribution in [0.1, 0.15) is 6.42 Å². The maximum Gasteiger partial charge on any atom is 0.416 e. The van der Waals surface area contributed by atoms with Crippen LogP contribution < -0.4 is 0 Å². The maximum atomic E-state index is 12.0. The molecule has 0 N–H and O–H groups in total. The van der Waals surface area contributed by atoms with Gasteiger partial charge in [0.15, 0.2) is 0 Å². The lowest BCUT2D eigenvalue weighted by Gasteiger charge is -2.05. The highest BCUT2D eigenvalue weighted by Gasteiger charge is 2.30. The maximum absolute atomic E-state index is 12.0. The molecule has 0 saturated carbocycles. The second-order valence-electron chi connectivity index (χ2n) is 2.57.